The molecule has 2 aromatic heterocycles. The van der Waals surface area contributed by atoms with Crippen molar-refractivity contribution < 1.29 is 9.47 Å². The number of anilines is 2. The Kier molecular flexibility index (Phi) is 6.87. The predicted octanol–water partition coefficient (Wildman–Crippen LogP) is 4.87. The maximum absolute atomic E-state index is 6.00. The number of ether oxygens (including phenoxy) is 2. The summed E-state index contributed by atoms with van der Waals surface area (Å²) in [6.07, 6.45) is 3.66. The second kappa shape index (κ2) is 10.2. The monoisotopic (exact) mass is 431 g/mol. The highest BCUT2D eigenvalue weighted by molar-refractivity contribution is 5.70. The summed E-state index contributed by atoms with van der Waals surface area (Å²) < 4.78 is 13.5. The van der Waals surface area contributed by atoms with Gasteiger partial charge < -0.3 is 19.7 Å². The molecule has 0 fully saturated rings. The molecule has 0 aliphatic heterocycles. The summed E-state index contributed by atoms with van der Waals surface area (Å²) in [7, 11) is 1.66. The maximum atomic E-state index is 6.00. The standard InChI is InChI=1S/C25H29N5O2/c1-4-29(5-2)15-16-32-22-12-11-19(17-23(22)31-3)21-18-24-26-13-14-30(24)25(28-21)27-20-9-7-6-8-10-20/h6-14,17-18H,4-5,15-16H2,1-3H3,(H,27,28). The molecule has 0 aliphatic rings. The number of para-hydroxylation sites is 1. The highest BCUT2D eigenvalue weighted by Crippen LogP contribution is 2.33. The Hall–Kier alpha value is -3.58. The number of benzene rings is 2. The van der Waals surface area contributed by atoms with Crippen LogP contribution in [-0.2, 0) is 0 Å². The van der Waals surface area contributed by atoms with Crippen molar-refractivity contribution in [3.8, 4) is 22.8 Å². The third-order valence-corrected chi connectivity index (χ3v) is 5.44. The van der Waals surface area contributed by atoms with E-state index in [9.17, 15) is 0 Å². The predicted molar refractivity (Wildman–Crippen MR) is 128 cm³/mol. The van der Waals surface area contributed by atoms with Crippen molar-refractivity contribution in [2.75, 3.05) is 38.7 Å². The number of nitrogens with one attached hydrogen (secondary N) is 1. The van der Waals surface area contributed by atoms with Crippen LogP contribution in [0.15, 0.2) is 67.0 Å². The van der Waals surface area contributed by atoms with Gasteiger partial charge in [0.1, 0.15) is 12.3 Å². The number of imidazole rings is 1. The van der Waals surface area contributed by atoms with Gasteiger partial charge >= 0.3 is 0 Å². The number of methoxy groups -OCH3 is 1. The Bertz CT molecular complexity index is 1160. The zero-order valence-electron chi connectivity index (χ0n) is 18.8. The Morgan fingerprint density at radius 2 is 1.81 bits per heavy atom. The molecule has 0 spiro atoms. The third-order valence-electron chi connectivity index (χ3n) is 5.44. The first-order chi connectivity index (χ1) is 15.7. The summed E-state index contributed by atoms with van der Waals surface area (Å²) in [5.41, 5.74) is 3.50. The molecule has 32 heavy (non-hydrogen) atoms. The summed E-state index contributed by atoms with van der Waals surface area (Å²) in [4.78, 5) is 11.6. The molecule has 4 rings (SSSR count). The van der Waals surface area contributed by atoms with E-state index in [1.54, 1.807) is 13.3 Å². The lowest BCUT2D eigenvalue weighted by Crippen LogP contribution is -2.27. The van der Waals surface area contributed by atoms with E-state index in [1.165, 1.54) is 0 Å². The van der Waals surface area contributed by atoms with Crippen molar-refractivity contribution in [2.45, 2.75) is 13.8 Å². The quantitative estimate of drug-likeness (QED) is 0.387. The van der Waals surface area contributed by atoms with Crippen LogP contribution in [0.1, 0.15) is 13.8 Å². The van der Waals surface area contributed by atoms with Crippen LogP contribution >= 0.6 is 0 Å². The van der Waals surface area contributed by atoms with Crippen LogP contribution in [0.5, 0.6) is 11.5 Å². The molecule has 0 radical (unpaired) electrons. The smallest absolute Gasteiger partial charge is 0.213 e. The Balaban J connectivity index is 1.61. The Morgan fingerprint density at radius 1 is 1.00 bits per heavy atom. The first-order valence-corrected chi connectivity index (χ1v) is 10.9. The summed E-state index contributed by atoms with van der Waals surface area (Å²) in [6, 6.07) is 17.8. The third kappa shape index (κ3) is 4.84. The number of fused-ring (bicyclic) bond motifs is 1. The lowest BCUT2D eigenvalue weighted by atomic mass is 10.1. The summed E-state index contributed by atoms with van der Waals surface area (Å²) in [6.45, 7) is 7.83. The van der Waals surface area contributed by atoms with Gasteiger partial charge in [-0.05, 0) is 43.4 Å². The highest BCUT2D eigenvalue weighted by Gasteiger charge is 2.12. The fourth-order valence-corrected chi connectivity index (χ4v) is 3.58. The van der Waals surface area contributed by atoms with Gasteiger partial charge in [0.05, 0.1) is 12.8 Å². The second-order valence-corrected chi connectivity index (χ2v) is 7.35. The Morgan fingerprint density at radius 3 is 2.56 bits per heavy atom. The molecule has 4 aromatic rings. The lowest BCUT2D eigenvalue weighted by Gasteiger charge is -2.19. The van der Waals surface area contributed by atoms with E-state index in [2.05, 4.69) is 29.0 Å². The molecule has 7 heteroatoms. The molecular weight excluding hydrogens is 402 g/mol. The van der Waals surface area contributed by atoms with E-state index in [0.29, 0.717) is 18.3 Å². The van der Waals surface area contributed by atoms with Crippen molar-refractivity contribution >= 4 is 17.3 Å². The summed E-state index contributed by atoms with van der Waals surface area (Å²) >= 11 is 0. The molecule has 0 atom stereocenters. The molecule has 2 aromatic carbocycles. The second-order valence-electron chi connectivity index (χ2n) is 7.35. The molecule has 0 saturated heterocycles. The summed E-state index contributed by atoms with van der Waals surface area (Å²) in [5.74, 6) is 2.11. The number of hydrogen-bond donors (Lipinski definition) is 1. The zero-order chi connectivity index (χ0) is 22.3. The normalized spacial score (nSPS) is 11.1. The van der Waals surface area contributed by atoms with Gasteiger partial charge in [0.25, 0.3) is 0 Å². The van der Waals surface area contributed by atoms with Crippen LogP contribution in [0.4, 0.5) is 11.6 Å². The van der Waals surface area contributed by atoms with Gasteiger partial charge in [0.2, 0.25) is 5.95 Å². The molecular formula is C25H29N5O2. The van der Waals surface area contributed by atoms with Gasteiger partial charge in [-0.25, -0.2) is 9.97 Å². The largest absolute Gasteiger partial charge is 0.493 e. The summed E-state index contributed by atoms with van der Waals surface area (Å²) in [5, 5.41) is 3.38. The van der Waals surface area contributed by atoms with Crippen LogP contribution in [0, 0.1) is 0 Å². The molecule has 0 bridgehead atoms. The zero-order valence-corrected chi connectivity index (χ0v) is 18.8. The number of rotatable bonds is 10. The van der Waals surface area contributed by atoms with Crippen molar-refractivity contribution in [1.29, 1.82) is 0 Å². The number of hydrogen-bond acceptors (Lipinski definition) is 6. The van der Waals surface area contributed by atoms with E-state index >= 15 is 0 Å². The van der Waals surface area contributed by atoms with Gasteiger partial charge in [-0.1, -0.05) is 32.0 Å². The molecule has 2 heterocycles. The number of nitrogens with zero attached hydrogens (tertiary/aromatic N) is 4. The number of aromatic nitrogens is 3. The SMILES string of the molecule is CCN(CC)CCOc1ccc(-c2cc3nccn3c(Nc3ccccc3)n2)cc1OC. The minimum atomic E-state index is 0.612. The fraction of sp³-hybridized carbons (Fsp3) is 0.280. The van der Waals surface area contributed by atoms with Crippen molar-refractivity contribution in [3.05, 3.63) is 67.0 Å². The molecule has 166 valence electrons. The number of likely N-dealkylation sites (N-methyl/N-ethyl adjacent to an activating group) is 1. The first-order valence-electron chi connectivity index (χ1n) is 10.9. The minimum absolute atomic E-state index is 0.612. The van der Waals surface area contributed by atoms with Gasteiger partial charge in [-0.2, -0.15) is 0 Å². The molecule has 0 amide bonds. The van der Waals surface area contributed by atoms with E-state index < -0.39 is 0 Å². The Labute approximate surface area is 188 Å². The average molecular weight is 432 g/mol. The molecule has 7 nitrogen and oxygen atoms in total. The van der Waals surface area contributed by atoms with Gasteiger partial charge in [-0.15, -0.1) is 0 Å². The maximum Gasteiger partial charge on any atom is 0.213 e. The van der Waals surface area contributed by atoms with E-state index in [0.717, 1.165) is 48.0 Å². The van der Waals surface area contributed by atoms with Crippen LogP contribution in [-0.4, -0.2) is 52.6 Å². The van der Waals surface area contributed by atoms with Crippen LogP contribution in [0.2, 0.25) is 0 Å². The van der Waals surface area contributed by atoms with Gasteiger partial charge in [0, 0.05) is 36.3 Å². The molecule has 1 N–H and O–H groups in total. The van der Waals surface area contributed by atoms with E-state index in [1.807, 2.05) is 65.2 Å². The molecule has 0 aliphatic carbocycles. The van der Waals surface area contributed by atoms with Crippen molar-refractivity contribution in [2.24, 2.45) is 0 Å². The fourth-order valence-electron chi connectivity index (χ4n) is 3.58. The van der Waals surface area contributed by atoms with Crippen LogP contribution < -0.4 is 14.8 Å². The highest BCUT2D eigenvalue weighted by atomic mass is 16.5. The van der Waals surface area contributed by atoms with E-state index in [4.69, 9.17) is 14.5 Å². The first kappa shape index (κ1) is 21.6. The van der Waals surface area contributed by atoms with Crippen LogP contribution in [0.3, 0.4) is 0 Å². The molecule has 0 unspecified atom stereocenters. The average Bonchev–Trinajstić information content (AvgIpc) is 3.32. The van der Waals surface area contributed by atoms with Gasteiger partial charge in [0.15, 0.2) is 11.5 Å². The topological polar surface area (TPSA) is 63.9 Å². The minimum Gasteiger partial charge on any atom is -0.493 e. The van der Waals surface area contributed by atoms with E-state index in [-0.39, 0.29) is 0 Å². The van der Waals surface area contributed by atoms with Gasteiger partial charge in [-0.3, -0.25) is 4.40 Å². The lowest BCUT2D eigenvalue weighted by molar-refractivity contribution is 0.217. The molecule has 0 saturated carbocycles. The van der Waals surface area contributed by atoms with Crippen LogP contribution in [0.25, 0.3) is 16.9 Å². The van der Waals surface area contributed by atoms with Crippen molar-refractivity contribution in [1.82, 2.24) is 19.3 Å². The van der Waals surface area contributed by atoms with Crippen molar-refractivity contribution in [3.63, 3.8) is 0 Å².